The van der Waals surface area contributed by atoms with E-state index in [1.165, 1.54) is 0 Å². The van der Waals surface area contributed by atoms with Crippen molar-refractivity contribution in [1.82, 2.24) is 0 Å². The van der Waals surface area contributed by atoms with E-state index >= 15 is 0 Å². The molecule has 0 aromatic heterocycles. The first kappa shape index (κ1) is 9.37. The summed E-state index contributed by atoms with van der Waals surface area (Å²) in [5, 5.41) is 0. The van der Waals surface area contributed by atoms with Crippen LogP contribution in [0.25, 0.3) is 0 Å². The zero-order valence-corrected chi connectivity index (χ0v) is 7.96. The van der Waals surface area contributed by atoms with Gasteiger partial charge >= 0.3 is 0 Å². The standard InChI is InChI=1S/C10H16O2/c1-5-9-6-10(11-4)7(2)8(3)12-9/h7-8,10H,1,6H2,2-4H3/t7-,8+,10+/m1/s1. The Labute approximate surface area is 73.9 Å². The van der Waals surface area contributed by atoms with Crippen LogP contribution < -0.4 is 0 Å². The van der Waals surface area contributed by atoms with Crippen LogP contribution in [-0.4, -0.2) is 19.3 Å². The van der Waals surface area contributed by atoms with Crippen molar-refractivity contribution in [2.75, 3.05) is 7.11 Å². The predicted octanol–water partition coefficient (Wildman–Crippen LogP) is 2.12. The summed E-state index contributed by atoms with van der Waals surface area (Å²) in [6.07, 6.45) is 1.25. The lowest BCUT2D eigenvalue weighted by Crippen LogP contribution is -2.36. The van der Waals surface area contributed by atoms with Gasteiger partial charge in [0.25, 0.3) is 0 Å². The highest BCUT2D eigenvalue weighted by Crippen LogP contribution is 2.28. The van der Waals surface area contributed by atoms with E-state index in [-0.39, 0.29) is 12.2 Å². The molecule has 0 aromatic rings. The Bertz CT molecular complexity index is 204. The number of ether oxygens (including phenoxy) is 2. The lowest BCUT2D eigenvalue weighted by molar-refractivity contribution is -0.0566. The molecule has 68 valence electrons. The van der Waals surface area contributed by atoms with Gasteiger partial charge in [0.15, 0.2) is 0 Å². The molecule has 0 bridgehead atoms. The van der Waals surface area contributed by atoms with E-state index in [1.54, 1.807) is 7.11 Å². The molecular weight excluding hydrogens is 152 g/mol. The van der Waals surface area contributed by atoms with Crippen molar-refractivity contribution in [3.63, 3.8) is 0 Å². The van der Waals surface area contributed by atoms with Gasteiger partial charge in [-0.3, -0.25) is 0 Å². The van der Waals surface area contributed by atoms with E-state index in [4.69, 9.17) is 9.47 Å². The normalized spacial score (nSPS) is 35.6. The van der Waals surface area contributed by atoms with Gasteiger partial charge in [-0.1, -0.05) is 19.2 Å². The van der Waals surface area contributed by atoms with E-state index in [9.17, 15) is 0 Å². The van der Waals surface area contributed by atoms with Crippen LogP contribution >= 0.6 is 0 Å². The Kier molecular flexibility index (Phi) is 2.96. The summed E-state index contributed by atoms with van der Waals surface area (Å²) in [5.74, 6) is 1.26. The highest BCUT2D eigenvalue weighted by molar-refractivity contribution is 4.98. The van der Waals surface area contributed by atoms with E-state index in [1.807, 2.05) is 6.92 Å². The van der Waals surface area contributed by atoms with Crippen molar-refractivity contribution >= 4 is 0 Å². The molecular formula is C10H16O2. The fourth-order valence-corrected chi connectivity index (χ4v) is 1.46. The summed E-state index contributed by atoms with van der Waals surface area (Å²) in [5.41, 5.74) is 2.78. The summed E-state index contributed by atoms with van der Waals surface area (Å²) in [7, 11) is 1.74. The van der Waals surface area contributed by atoms with Gasteiger partial charge in [0.2, 0.25) is 0 Å². The molecule has 0 aliphatic carbocycles. The zero-order valence-electron chi connectivity index (χ0n) is 7.96. The molecule has 0 amide bonds. The van der Waals surface area contributed by atoms with Gasteiger partial charge in [-0.2, -0.15) is 0 Å². The maximum absolute atomic E-state index is 5.54. The molecule has 0 saturated carbocycles. The smallest absolute Gasteiger partial charge is 0.141 e. The Morgan fingerprint density at radius 1 is 1.58 bits per heavy atom. The monoisotopic (exact) mass is 168 g/mol. The van der Waals surface area contributed by atoms with Gasteiger partial charge < -0.3 is 9.47 Å². The molecule has 2 heteroatoms. The van der Waals surface area contributed by atoms with Gasteiger partial charge in [-0.25, -0.2) is 0 Å². The molecule has 1 fully saturated rings. The summed E-state index contributed by atoms with van der Waals surface area (Å²) in [6.45, 7) is 7.76. The molecule has 1 aliphatic rings. The van der Waals surface area contributed by atoms with E-state index in [0.717, 1.165) is 12.2 Å². The molecule has 1 aliphatic heterocycles. The highest BCUT2D eigenvalue weighted by Gasteiger charge is 2.30. The molecule has 0 spiro atoms. The first-order valence-corrected chi connectivity index (χ1v) is 4.27. The topological polar surface area (TPSA) is 18.5 Å². The van der Waals surface area contributed by atoms with E-state index in [2.05, 4.69) is 19.2 Å². The van der Waals surface area contributed by atoms with Crippen LogP contribution in [0, 0.1) is 5.92 Å². The lowest BCUT2D eigenvalue weighted by Gasteiger charge is -2.34. The third-order valence-electron chi connectivity index (χ3n) is 2.54. The number of rotatable bonds is 1. The van der Waals surface area contributed by atoms with Crippen LogP contribution in [0.1, 0.15) is 20.3 Å². The lowest BCUT2D eigenvalue weighted by atomic mass is 9.93. The molecule has 1 heterocycles. The summed E-state index contributed by atoms with van der Waals surface area (Å²) < 4.78 is 10.9. The van der Waals surface area contributed by atoms with Crippen LogP contribution in [0.15, 0.2) is 18.1 Å². The van der Waals surface area contributed by atoms with Crippen molar-refractivity contribution in [3.8, 4) is 0 Å². The SMILES string of the molecule is C=C=C1C[C@H](OC)[C@H](C)[C@H](C)O1. The van der Waals surface area contributed by atoms with Crippen LogP contribution in [0.2, 0.25) is 0 Å². The first-order valence-electron chi connectivity index (χ1n) is 4.27. The minimum Gasteiger partial charge on any atom is -0.487 e. The molecule has 3 atom stereocenters. The van der Waals surface area contributed by atoms with Crippen molar-refractivity contribution in [2.45, 2.75) is 32.5 Å². The van der Waals surface area contributed by atoms with E-state index < -0.39 is 0 Å². The number of hydrogen-bond acceptors (Lipinski definition) is 2. The molecule has 12 heavy (non-hydrogen) atoms. The van der Waals surface area contributed by atoms with E-state index in [0.29, 0.717) is 5.92 Å². The molecule has 0 radical (unpaired) electrons. The minimum absolute atomic E-state index is 0.202. The average molecular weight is 168 g/mol. The maximum atomic E-state index is 5.54. The molecule has 1 saturated heterocycles. The minimum atomic E-state index is 0.202. The van der Waals surface area contributed by atoms with Gasteiger partial charge in [-0.15, -0.1) is 0 Å². The molecule has 0 N–H and O–H groups in total. The Morgan fingerprint density at radius 3 is 2.75 bits per heavy atom. The van der Waals surface area contributed by atoms with Crippen molar-refractivity contribution in [1.29, 1.82) is 0 Å². The van der Waals surface area contributed by atoms with Crippen LogP contribution in [-0.2, 0) is 9.47 Å². The third kappa shape index (κ3) is 1.71. The Morgan fingerprint density at radius 2 is 2.25 bits per heavy atom. The fourth-order valence-electron chi connectivity index (χ4n) is 1.46. The van der Waals surface area contributed by atoms with Crippen LogP contribution in [0.4, 0.5) is 0 Å². The second-order valence-electron chi connectivity index (χ2n) is 3.26. The molecule has 0 unspecified atom stereocenters. The summed E-state index contributed by atoms with van der Waals surface area (Å²) >= 11 is 0. The Hall–Kier alpha value is -0.720. The van der Waals surface area contributed by atoms with Crippen LogP contribution in [0.5, 0.6) is 0 Å². The number of hydrogen-bond donors (Lipinski definition) is 0. The first-order chi connectivity index (χ1) is 5.69. The summed E-state index contributed by atoms with van der Waals surface area (Å²) in [6, 6.07) is 0. The average Bonchev–Trinajstić information content (AvgIpc) is 2.09. The largest absolute Gasteiger partial charge is 0.487 e. The van der Waals surface area contributed by atoms with Crippen molar-refractivity contribution in [2.24, 2.45) is 5.92 Å². The quantitative estimate of drug-likeness (QED) is 0.558. The summed E-state index contributed by atoms with van der Waals surface area (Å²) in [4.78, 5) is 0. The molecule has 2 nitrogen and oxygen atoms in total. The van der Waals surface area contributed by atoms with Crippen molar-refractivity contribution in [3.05, 3.63) is 18.1 Å². The third-order valence-corrected chi connectivity index (χ3v) is 2.54. The predicted molar refractivity (Wildman–Crippen MR) is 47.8 cm³/mol. The van der Waals surface area contributed by atoms with Gasteiger partial charge in [0, 0.05) is 19.4 Å². The highest BCUT2D eigenvalue weighted by atomic mass is 16.5. The Balaban J connectivity index is 2.71. The van der Waals surface area contributed by atoms with Gasteiger partial charge in [0.05, 0.1) is 6.10 Å². The fraction of sp³-hybridized carbons (Fsp3) is 0.700. The maximum Gasteiger partial charge on any atom is 0.141 e. The van der Waals surface area contributed by atoms with Crippen molar-refractivity contribution < 1.29 is 9.47 Å². The van der Waals surface area contributed by atoms with Gasteiger partial charge in [-0.05, 0) is 6.92 Å². The number of methoxy groups -OCH3 is 1. The zero-order chi connectivity index (χ0) is 9.14. The van der Waals surface area contributed by atoms with Gasteiger partial charge in [0.1, 0.15) is 11.9 Å². The second-order valence-corrected chi connectivity index (χ2v) is 3.26. The molecule has 0 aromatic carbocycles. The molecule has 1 rings (SSSR count). The second kappa shape index (κ2) is 3.79. The van der Waals surface area contributed by atoms with Crippen LogP contribution in [0.3, 0.4) is 0 Å².